The summed E-state index contributed by atoms with van der Waals surface area (Å²) in [4.78, 5) is 26.1. The van der Waals surface area contributed by atoms with Crippen LogP contribution in [0.3, 0.4) is 0 Å². The molecule has 2 atom stereocenters. The Balaban J connectivity index is 0.000000582. The lowest BCUT2D eigenvalue weighted by Gasteiger charge is -2.48. The van der Waals surface area contributed by atoms with Crippen LogP contribution in [0.25, 0.3) is 11.2 Å². The summed E-state index contributed by atoms with van der Waals surface area (Å²) >= 11 is 0. The van der Waals surface area contributed by atoms with E-state index in [0.29, 0.717) is 24.4 Å². The van der Waals surface area contributed by atoms with Gasteiger partial charge in [-0.1, -0.05) is 24.3 Å². The van der Waals surface area contributed by atoms with Crippen molar-refractivity contribution < 1.29 is 13.5 Å². The predicted octanol–water partition coefficient (Wildman–Crippen LogP) is 4.43. The van der Waals surface area contributed by atoms with Gasteiger partial charge in [-0.3, -0.25) is 9.47 Å². The van der Waals surface area contributed by atoms with Crippen LogP contribution in [0.2, 0.25) is 0 Å². The minimum absolute atomic E-state index is 0.0133. The van der Waals surface area contributed by atoms with Gasteiger partial charge in [0.05, 0.1) is 12.4 Å². The Morgan fingerprint density at radius 2 is 1.45 bits per heavy atom. The minimum atomic E-state index is -0.325. The average molecular weight is 551 g/mol. The molecule has 0 saturated carbocycles. The Bertz CT molecular complexity index is 1440. The molecule has 0 radical (unpaired) electrons. The standard InChI is InChI=1S/C26H28F2N6O.C4H8O/c1-16-14-34(24-22-25(31(3)15-29-22)32(4)26(35)30-24)17(2)13-33(16)23(18-5-9-20(27)10-6-18)19-7-11-21(28)12-8-19;1-2-4-5-3-1/h5-12,15-17,23H,13-14H2,1-4H3;1-4H2/t16-,17+;/m1./s1. The molecule has 0 aliphatic carbocycles. The normalized spacial score (nSPS) is 19.7. The van der Waals surface area contributed by atoms with Gasteiger partial charge in [0.1, 0.15) is 22.8 Å². The van der Waals surface area contributed by atoms with Crippen LogP contribution in [-0.2, 0) is 18.8 Å². The number of aryl methyl sites for hydroxylation is 2. The van der Waals surface area contributed by atoms with Gasteiger partial charge in [0, 0.05) is 52.5 Å². The zero-order valence-corrected chi connectivity index (χ0v) is 23.4. The first-order chi connectivity index (χ1) is 19.2. The highest BCUT2D eigenvalue weighted by molar-refractivity contribution is 5.84. The van der Waals surface area contributed by atoms with Crippen LogP contribution < -0.4 is 10.6 Å². The van der Waals surface area contributed by atoms with E-state index in [1.807, 2.05) is 11.6 Å². The quantitative estimate of drug-likeness (QED) is 0.375. The molecule has 6 rings (SSSR count). The Morgan fingerprint density at radius 1 is 0.875 bits per heavy atom. The zero-order chi connectivity index (χ0) is 28.4. The van der Waals surface area contributed by atoms with E-state index in [4.69, 9.17) is 4.74 Å². The largest absolute Gasteiger partial charge is 0.381 e. The van der Waals surface area contributed by atoms with Crippen molar-refractivity contribution in [2.75, 3.05) is 31.2 Å². The van der Waals surface area contributed by atoms with Crippen molar-refractivity contribution >= 4 is 17.0 Å². The number of imidazole rings is 1. The van der Waals surface area contributed by atoms with E-state index < -0.39 is 0 Å². The van der Waals surface area contributed by atoms with Crippen molar-refractivity contribution in [1.82, 2.24) is 24.0 Å². The molecule has 2 aliphatic heterocycles. The third-order valence-corrected chi connectivity index (χ3v) is 7.76. The summed E-state index contributed by atoms with van der Waals surface area (Å²) in [7, 11) is 3.56. The lowest BCUT2D eigenvalue weighted by Crippen LogP contribution is -2.58. The topological polar surface area (TPSA) is 68.4 Å². The van der Waals surface area contributed by atoms with Gasteiger partial charge in [0.25, 0.3) is 0 Å². The SMILES string of the molecule is C1CCOC1.C[C@@H]1CN(c2nc(=O)n(C)c3c2ncn3C)[C@@H](C)CN1C(c1ccc(F)cc1)c1ccc(F)cc1. The van der Waals surface area contributed by atoms with Gasteiger partial charge in [0.2, 0.25) is 0 Å². The Hall–Kier alpha value is -3.63. The van der Waals surface area contributed by atoms with Gasteiger partial charge < -0.3 is 14.2 Å². The maximum atomic E-state index is 13.7. The number of ether oxygens (including phenoxy) is 1. The van der Waals surface area contributed by atoms with E-state index in [0.717, 1.165) is 30.0 Å². The lowest BCUT2D eigenvalue weighted by atomic mass is 9.93. The van der Waals surface area contributed by atoms with E-state index in [1.54, 1.807) is 37.6 Å². The van der Waals surface area contributed by atoms with Crippen molar-refractivity contribution in [3.63, 3.8) is 0 Å². The van der Waals surface area contributed by atoms with Gasteiger partial charge in [-0.15, -0.1) is 0 Å². The minimum Gasteiger partial charge on any atom is -0.381 e. The van der Waals surface area contributed by atoms with Crippen molar-refractivity contribution in [2.45, 2.75) is 44.8 Å². The molecule has 2 fully saturated rings. The molecule has 4 heterocycles. The van der Waals surface area contributed by atoms with Gasteiger partial charge in [0.15, 0.2) is 5.82 Å². The van der Waals surface area contributed by atoms with E-state index in [2.05, 4.69) is 33.6 Å². The molecule has 8 nitrogen and oxygen atoms in total. The number of hydrogen-bond acceptors (Lipinski definition) is 6. The summed E-state index contributed by atoms with van der Waals surface area (Å²) in [6.07, 6.45) is 4.25. The van der Waals surface area contributed by atoms with Crippen LogP contribution >= 0.6 is 0 Å². The average Bonchev–Trinajstić information content (AvgIpc) is 3.65. The number of fused-ring (bicyclic) bond motifs is 1. The van der Waals surface area contributed by atoms with E-state index >= 15 is 0 Å². The number of aromatic nitrogens is 4. The number of nitrogens with zero attached hydrogens (tertiary/aromatic N) is 6. The number of benzene rings is 2. The summed E-state index contributed by atoms with van der Waals surface area (Å²) < 4.78 is 35.7. The highest BCUT2D eigenvalue weighted by Gasteiger charge is 2.36. The van der Waals surface area contributed by atoms with Crippen LogP contribution in [0.15, 0.2) is 59.7 Å². The van der Waals surface area contributed by atoms with Crippen LogP contribution in [0.5, 0.6) is 0 Å². The molecule has 2 aromatic heterocycles. The summed E-state index contributed by atoms with van der Waals surface area (Å²) in [5, 5.41) is 0. The van der Waals surface area contributed by atoms with Gasteiger partial charge in [-0.25, -0.2) is 18.6 Å². The monoisotopic (exact) mass is 550 g/mol. The Morgan fingerprint density at radius 3 is 1.98 bits per heavy atom. The van der Waals surface area contributed by atoms with Gasteiger partial charge >= 0.3 is 5.69 Å². The van der Waals surface area contributed by atoms with E-state index in [9.17, 15) is 13.6 Å². The molecule has 0 amide bonds. The third-order valence-electron chi connectivity index (χ3n) is 7.76. The molecule has 40 heavy (non-hydrogen) atoms. The summed E-state index contributed by atoms with van der Waals surface area (Å²) in [6.45, 7) is 7.49. The molecule has 2 aliphatic rings. The highest BCUT2D eigenvalue weighted by Crippen LogP contribution is 2.35. The smallest absolute Gasteiger partial charge is 0.350 e. The fourth-order valence-electron chi connectivity index (χ4n) is 5.67. The highest BCUT2D eigenvalue weighted by atomic mass is 19.1. The second-order valence-corrected chi connectivity index (χ2v) is 10.7. The molecule has 2 aromatic carbocycles. The van der Waals surface area contributed by atoms with Crippen molar-refractivity contribution in [3.8, 4) is 0 Å². The lowest BCUT2D eigenvalue weighted by molar-refractivity contribution is 0.129. The number of piperazine rings is 1. The first kappa shape index (κ1) is 27.9. The van der Waals surface area contributed by atoms with Crippen molar-refractivity contribution in [2.24, 2.45) is 14.1 Å². The molecular formula is C30H36F2N6O2. The maximum absolute atomic E-state index is 13.7. The van der Waals surface area contributed by atoms with Gasteiger partial charge in [-0.2, -0.15) is 4.98 Å². The molecule has 0 unspecified atom stereocenters. The number of anilines is 1. The van der Waals surface area contributed by atoms with Crippen LogP contribution in [0, 0.1) is 11.6 Å². The third kappa shape index (κ3) is 5.64. The summed E-state index contributed by atoms with van der Waals surface area (Å²) in [6, 6.07) is 12.8. The second-order valence-electron chi connectivity index (χ2n) is 10.7. The van der Waals surface area contributed by atoms with Crippen LogP contribution in [0.4, 0.5) is 14.6 Å². The Labute approximate surface area is 232 Å². The zero-order valence-electron chi connectivity index (χ0n) is 23.4. The fourth-order valence-corrected chi connectivity index (χ4v) is 5.67. The predicted molar refractivity (Wildman–Crippen MR) is 151 cm³/mol. The van der Waals surface area contributed by atoms with Crippen molar-refractivity contribution in [3.05, 3.63) is 88.1 Å². The molecule has 10 heteroatoms. The fraction of sp³-hybridized carbons (Fsp3) is 0.433. The van der Waals surface area contributed by atoms with Crippen molar-refractivity contribution in [1.29, 1.82) is 0 Å². The molecule has 4 aromatic rings. The summed E-state index contributed by atoms with van der Waals surface area (Å²) in [5.74, 6) is -0.00859. The molecule has 2 saturated heterocycles. The molecular weight excluding hydrogens is 514 g/mol. The van der Waals surface area contributed by atoms with E-state index in [-0.39, 0.29) is 35.4 Å². The molecule has 0 spiro atoms. The first-order valence-corrected chi connectivity index (χ1v) is 13.7. The maximum Gasteiger partial charge on any atom is 0.350 e. The molecule has 212 valence electrons. The molecule has 0 N–H and O–H groups in total. The van der Waals surface area contributed by atoms with Crippen LogP contribution in [-0.4, -0.2) is 62.4 Å². The number of rotatable bonds is 4. The second kappa shape index (κ2) is 11.9. The number of hydrogen-bond donors (Lipinski definition) is 0. The van der Waals surface area contributed by atoms with Crippen LogP contribution in [0.1, 0.15) is 43.9 Å². The van der Waals surface area contributed by atoms with Gasteiger partial charge in [-0.05, 0) is 62.1 Å². The molecule has 0 bridgehead atoms. The first-order valence-electron chi connectivity index (χ1n) is 13.7. The number of halogens is 2. The summed E-state index contributed by atoms with van der Waals surface area (Å²) in [5.41, 5.74) is 2.95. The van der Waals surface area contributed by atoms with E-state index in [1.165, 1.54) is 41.7 Å². The Kier molecular flexibility index (Phi) is 8.27.